The van der Waals surface area contributed by atoms with Gasteiger partial charge in [-0.3, -0.25) is 4.79 Å². The van der Waals surface area contributed by atoms with E-state index in [-0.39, 0.29) is 5.91 Å². The molecule has 0 saturated carbocycles. The lowest BCUT2D eigenvalue weighted by atomic mass is 10.2. The maximum absolute atomic E-state index is 11.8. The van der Waals surface area contributed by atoms with Crippen molar-refractivity contribution in [1.82, 2.24) is 0 Å². The van der Waals surface area contributed by atoms with Gasteiger partial charge in [0.15, 0.2) is 0 Å². The molecule has 100 valence electrons. The summed E-state index contributed by atoms with van der Waals surface area (Å²) in [4.78, 5) is 12.8. The molecule has 0 fully saturated rings. The molecule has 0 aliphatic heterocycles. The molecule has 0 aliphatic rings. The first-order valence-electron chi connectivity index (χ1n) is 5.96. The zero-order valence-electron chi connectivity index (χ0n) is 10.7. The van der Waals surface area contributed by atoms with Gasteiger partial charge >= 0.3 is 0 Å². The number of hydrogen-bond donors (Lipinski definition) is 2. The van der Waals surface area contributed by atoms with Crippen LogP contribution in [-0.2, 0) is 4.79 Å². The van der Waals surface area contributed by atoms with Crippen LogP contribution in [0.25, 0.3) is 0 Å². The molecule has 2 rings (SSSR count). The number of nitrogens with one attached hydrogen (secondary N) is 1. The first kappa shape index (κ1) is 14.0. The van der Waals surface area contributed by atoms with Crippen LogP contribution in [0.15, 0.2) is 53.4 Å². The van der Waals surface area contributed by atoms with Crippen molar-refractivity contribution in [3.63, 3.8) is 0 Å². The third-order valence-corrected chi connectivity index (χ3v) is 3.54. The fraction of sp³-hybridized carbons (Fsp3) is 0.0667. The van der Waals surface area contributed by atoms with Crippen molar-refractivity contribution >= 4 is 29.0 Å². The van der Waals surface area contributed by atoms with Crippen LogP contribution in [-0.4, -0.2) is 11.7 Å². The van der Waals surface area contributed by atoms with Crippen LogP contribution in [0, 0.1) is 11.3 Å². The number of benzene rings is 2. The molecule has 0 spiro atoms. The minimum absolute atomic E-state index is 0.109. The highest BCUT2D eigenvalue weighted by Gasteiger charge is 2.04. The molecule has 0 atom stereocenters. The van der Waals surface area contributed by atoms with Crippen molar-refractivity contribution in [1.29, 1.82) is 5.26 Å². The molecule has 2 aromatic rings. The van der Waals surface area contributed by atoms with Crippen LogP contribution in [0.2, 0.25) is 0 Å². The Bertz CT molecular complexity index is 647. The zero-order chi connectivity index (χ0) is 14.4. The highest BCUT2D eigenvalue weighted by Crippen LogP contribution is 2.19. The van der Waals surface area contributed by atoms with E-state index in [1.54, 1.807) is 36.4 Å². The smallest absolute Gasteiger partial charge is 0.234 e. The Morgan fingerprint density at radius 1 is 1.25 bits per heavy atom. The Labute approximate surface area is 121 Å². The molecule has 5 heteroatoms. The number of nitriles is 1. The molecule has 20 heavy (non-hydrogen) atoms. The number of anilines is 2. The predicted octanol–water partition coefficient (Wildman–Crippen LogP) is 2.87. The Morgan fingerprint density at radius 3 is 2.70 bits per heavy atom. The largest absolute Gasteiger partial charge is 0.399 e. The molecule has 0 unspecified atom stereocenters. The van der Waals surface area contributed by atoms with Gasteiger partial charge in [-0.05, 0) is 42.5 Å². The molecule has 0 heterocycles. The summed E-state index contributed by atoms with van der Waals surface area (Å²) in [6.07, 6.45) is 0. The fourth-order valence-electron chi connectivity index (χ4n) is 1.58. The second kappa shape index (κ2) is 6.64. The van der Waals surface area contributed by atoms with Crippen molar-refractivity contribution in [3.8, 4) is 6.07 Å². The molecule has 0 aliphatic carbocycles. The lowest BCUT2D eigenvalue weighted by Gasteiger charge is -2.05. The number of hydrogen-bond acceptors (Lipinski definition) is 4. The molecule has 3 N–H and O–H groups in total. The van der Waals surface area contributed by atoms with Crippen molar-refractivity contribution in [2.24, 2.45) is 0 Å². The fourth-order valence-corrected chi connectivity index (χ4v) is 2.27. The van der Waals surface area contributed by atoms with Crippen molar-refractivity contribution in [3.05, 3.63) is 54.1 Å². The Morgan fingerprint density at radius 2 is 2.00 bits per heavy atom. The summed E-state index contributed by atoms with van der Waals surface area (Å²) in [6.45, 7) is 0. The summed E-state index contributed by atoms with van der Waals surface area (Å²) < 4.78 is 0. The summed E-state index contributed by atoms with van der Waals surface area (Å²) >= 11 is 1.43. The molecule has 4 nitrogen and oxygen atoms in total. The maximum atomic E-state index is 11.8. The van der Waals surface area contributed by atoms with E-state index in [1.807, 2.05) is 18.2 Å². The van der Waals surface area contributed by atoms with Crippen LogP contribution in [0.3, 0.4) is 0 Å². The Hall–Kier alpha value is -2.45. The summed E-state index contributed by atoms with van der Waals surface area (Å²) in [7, 11) is 0. The van der Waals surface area contributed by atoms with Gasteiger partial charge in [0.1, 0.15) is 0 Å². The second-order valence-electron chi connectivity index (χ2n) is 4.10. The monoisotopic (exact) mass is 283 g/mol. The van der Waals surface area contributed by atoms with Crippen molar-refractivity contribution < 1.29 is 4.79 Å². The molecule has 0 bridgehead atoms. The van der Waals surface area contributed by atoms with Crippen molar-refractivity contribution in [2.45, 2.75) is 4.90 Å². The lowest BCUT2D eigenvalue weighted by molar-refractivity contribution is -0.113. The second-order valence-corrected chi connectivity index (χ2v) is 5.15. The number of nitrogen functional groups attached to an aromatic ring is 1. The number of nitrogens with zero attached hydrogens (tertiary/aromatic N) is 1. The molecule has 0 aromatic heterocycles. The zero-order valence-corrected chi connectivity index (χ0v) is 11.5. The summed E-state index contributed by atoms with van der Waals surface area (Å²) in [5, 5.41) is 11.6. The summed E-state index contributed by atoms with van der Waals surface area (Å²) in [5.74, 6) is 0.197. The third kappa shape index (κ3) is 4.04. The maximum Gasteiger partial charge on any atom is 0.234 e. The number of nitrogens with two attached hydrogens (primary N) is 1. The van der Waals surface area contributed by atoms with E-state index in [0.717, 1.165) is 4.90 Å². The first-order valence-corrected chi connectivity index (χ1v) is 6.94. The van der Waals surface area contributed by atoms with Gasteiger partial charge in [-0.25, -0.2) is 0 Å². The van der Waals surface area contributed by atoms with Crippen LogP contribution in [0.1, 0.15) is 5.56 Å². The van der Waals surface area contributed by atoms with Crippen LogP contribution in [0.5, 0.6) is 0 Å². The molecular formula is C15H13N3OS. The number of rotatable bonds is 4. The van der Waals surface area contributed by atoms with E-state index in [4.69, 9.17) is 11.0 Å². The van der Waals surface area contributed by atoms with E-state index in [0.29, 0.717) is 22.7 Å². The number of carbonyl (C=O) groups excluding carboxylic acids is 1. The van der Waals surface area contributed by atoms with E-state index in [2.05, 4.69) is 5.32 Å². The van der Waals surface area contributed by atoms with Gasteiger partial charge in [-0.15, -0.1) is 11.8 Å². The summed E-state index contributed by atoms with van der Waals surface area (Å²) in [6, 6.07) is 16.2. The molecule has 2 aromatic carbocycles. The van der Waals surface area contributed by atoms with Gasteiger partial charge in [0.2, 0.25) is 5.91 Å². The van der Waals surface area contributed by atoms with Crippen LogP contribution >= 0.6 is 11.8 Å². The SMILES string of the molecule is N#Cc1cccc(NC(=O)CSc2ccc(N)cc2)c1. The Kier molecular flexibility index (Phi) is 4.64. The van der Waals surface area contributed by atoms with Gasteiger partial charge in [0.05, 0.1) is 17.4 Å². The van der Waals surface area contributed by atoms with Crippen LogP contribution < -0.4 is 11.1 Å². The van der Waals surface area contributed by atoms with Gasteiger partial charge < -0.3 is 11.1 Å². The van der Waals surface area contributed by atoms with Gasteiger partial charge in [0.25, 0.3) is 0 Å². The minimum Gasteiger partial charge on any atom is -0.399 e. The number of thioether (sulfide) groups is 1. The Balaban J connectivity index is 1.89. The van der Waals surface area contributed by atoms with Gasteiger partial charge in [-0.2, -0.15) is 5.26 Å². The quantitative estimate of drug-likeness (QED) is 0.668. The van der Waals surface area contributed by atoms with E-state index < -0.39 is 0 Å². The van der Waals surface area contributed by atoms with Crippen LogP contribution in [0.4, 0.5) is 11.4 Å². The van der Waals surface area contributed by atoms with E-state index in [9.17, 15) is 4.79 Å². The average Bonchev–Trinajstić information content (AvgIpc) is 2.47. The van der Waals surface area contributed by atoms with Crippen molar-refractivity contribution in [2.75, 3.05) is 16.8 Å². The standard InChI is InChI=1S/C15H13N3OS/c16-9-11-2-1-3-13(8-11)18-15(19)10-20-14-6-4-12(17)5-7-14/h1-8H,10,17H2,(H,18,19). The van der Waals surface area contributed by atoms with Gasteiger partial charge in [0, 0.05) is 16.3 Å². The van der Waals surface area contributed by atoms with Gasteiger partial charge in [-0.1, -0.05) is 6.07 Å². The van der Waals surface area contributed by atoms with E-state index >= 15 is 0 Å². The molecular weight excluding hydrogens is 270 g/mol. The minimum atomic E-state index is -0.109. The molecule has 0 radical (unpaired) electrons. The first-order chi connectivity index (χ1) is 9.67. The number of amides is 1. The highest BCUT2D eigenvalue weighted by molar-refractivity contribution is 8.00. The topological polar surface area (TPSA) is 78.9 Å². The molecule has 0 saturated heterocycles. The van der Waals surface area contributed by atoms with E-state index in [1.165, 1.54) is 11.8 Å². The lowest BCUT2D eigenvalue weighted by Crippen LogP contribution is -2.13. The highest BCUT2D eigenvalue weighted by atomic mass is 32.2. The molecule has 1 amide bonds. The summed E-state index contributed by atoms with van der Waals surface area (Å²) in [5.41, 5.74) is 7.45. The normalized spacial score (nSPS) is 9.75. The number of carbonyl (C=O) groups is 1. The third-order valence-electron chi connectivity index (χ3n) is 2.53. The average molecular weight is 283 g/mol. The predicted molar refractivity (Wildman–Crippen MR) is 81.4 cm³/mol.